The van der Waals surface area contributed by atoms with E-state index < -0.39 is 0 Å². The zero-order valence-electron chi connectivity index (χ0n) is 14.0. The number of rotatable bonds is 6. The number of para-hydroxylation sites is 1. The minimum Gasteiger partial charge on any atom is -0.488 e. The maximum Gasteiger partial charge on any atom is 0.313 e. The fourth-order valence-corrected chi connectivity index (χ4v) is 4.19. The van der Waals surface area contributed by atoms with Gasteiger partial charge >= 0.3 is 5.97 Å². The lowest BCUT2D eigenvalue weighted by Crippen LogP contribution is -2.25. The van der Waals surface area contributed by atoms with Crippen LogP contribution in [0.5, 0.6) is 5.75 Å². The summed E-state index contributed by atoms with van der Waals surface area (Å²) in [6, 6.07) is 7.99. The number of ether oxygens (including phenoxy) is 4. The van der Waals surface area contributed by atoms with Gasteiger partial charge < -0.3 is 18.9 Å². The van der Waals surface area contributed by atoms with Crippen LogP contribution in [0, 0.1) is 5.92 Å². The van der Waals surface area contributed by atoms with Gasteiger partial charge in [0, 0.05) is 12.2 Å². The Morgan fingerprint density at radius 2 is 2.21 bits per heavy atom. The zero-order valence-corrected chi connectivity index (χ0v) is 14.0. The van der Waals surface area contributed by atoms with Crippen molar-refractivity contribution in [2.75, 3.05) is 19.8 Å². The maximum absolute atomic E-state index is 12.3. The predicted molar refractivity (Wildman–Crippen MR) is 86.8 cm³/mol. The summed E-state index contributed by atoms with van der Waals surface area (Å²) in [6.45, 7) is 3.57. The first-order valence-corrected chi connectivity index (χ1v) is 8.93. The molecule has 2 aliphatic heterocycles. The molecule has 1 aromatic carbocycles. The SMILES string of the molecule is CCOC(=O)C1C2Oc3ccccc3C21CCOC1CCCCO1. The smallest absolute Gasteiger partial charge is 0.313 e. The van der Waals surface area contributed by atoms with Gasteiger partial charge in [-0.05, 0) is 38.7 Å². The van der Waals surface area contributed by atoms with Crippen molar-refractivity contribution in [2.24, 2.45) is 5.92 Å². The summed E-state index contributed by atoms with van der Waals surface area (Å²) in [7, 11) is 0. The van der Waals surface area contributed by atoms with Crippen LogP contribution in [0.15, 0.2) is 24.3 Å². The van der Waals surface area contributed by atoms with E-state index in [-0.39, 0.29) is 29.7 Å². The minimum absolute atomic E-state index is 0.106. The molecule has 0 aromatic heterocycles. The highest BCUT2D eigenvalue weighted by atomic mass is 16.7. The monoisotopic (exact) mass is 332 g/mol. The average Bonchev–Trinajstić information content (AvgIpc) is 3.13. The van der Waals surface area contributed by atoms with E-state index >= 15 is 0 Å². The molecule has 2 heterocycles. The van der Waals surface area contributed by atoms with E-state index in [1.165, 1.54) is 0 Å². The summed E-state index contributed by atoms with van der Waals surface area (Å²) < 4.78 is 22.8. The summed E-state index contributed by atoms with van der Waals surface area (Å²) in [5.74, 6) is 0.506. The normalized spacial score (nSPS) is 33.3. The second-order valence-electron chi connectivity index (χ2n) is 6.72. The van der Waals surface area contributed by atoms with Crippen LogP contribution in [0.4, 0.5) is 0 Å². The minimum atomic E-state index is -0.294. The Morgan fingerprint density at radius 1 is 1.33 bits per heavy atom. The number of carbonyl (C=O) groups excluding carboxylic acids is 1. The number of carbonyl (C=O) groups is 1. The predicted octanol–water partition coefficient (Wildman–Crippen LogP) is 2.81. The molecule has 0 N–H and O–H groups in total. The van der Waals surface area contributed by atoms with Gasteiger partial charge in [0.25, 0.3) is 0 Å². The molecule has 130 valence electrons. The van der Waals surface area contributed by atoms with Gasteiger partial charge in [-0.1, -0.05) is 18.2 Å². The van der Waals surface area contributed by atoms with Gasteiger partial charge in [-0.2, -0.15) is 0 Å². The van der Waals surface area contributed by atoms with Crippen LogP contribution in [0.25, 0.3) is 0 Å². The van der Waals surface area contributed by atoms with Crippen LogP contribution in [0.3, 0.4) is 0 Å². The molecule has 1 saturated heterocycles. The molecule has 4 atom stereocenters. The first-order chi connectivity index (χ1) is 11.8. The molecule has 0 amide bonds. The molecular weight excluding hydrogens is 308 g/mol. The lowest BCUT2D eigenvalue weighted by atomic mass is 9.90. The maximum atomic E-state index is 12.3. The molecule has 2 fully saturated rings. The van der Waals surface area contributed by atoms with Gasteiger partial charge in [0.2, 0.25) is 0 Å². The molecule has 3 aliphatic rings. The molecule has 0 spiro atoms. The molecule has 5 heteroatoms. The highest BCUT2D eigenvalue weighted by Crippen LogP contribution is 2.65. The van der Waals surface area contributed by atoms with Crippen molar-refractivity contribution in [2.45, 2.75) is 50.4 Å². The summed E-state index contributed by atoms with van der Waals surface area (Å²) >= 11 is 0. The van der Waals surface area contributed by atoms with Crippen LogP contribution in [-0.4, -0.2) is 38.2 Å². The Hall–Kier alpha value is -1.59. The van der Waals surface area contributed by atoms with Crippen molar-refractivity contribution in [3.8, 4) is 5.75 Å². The third-order valence-electron chi connectivity index (χ3n) is 5.40. The van der Waals surface area contributed by atoms with Gasteiger partial charge in [-0.3, -0.25) is 4.79 Å². The van der Waals surface area contributed by atoms with Crippen molar-refractivity contribution in [3.05, 3.63) is 29.8 Å². The first kappa shape index (κ1) is 15.9. The van der Waals surface area contributed by atoms with Crippen LogP contribution < -0.4 is 4.74 Å². The Morgan fingerprint density at radius 3 is 3.00 bits per heavy atom. The number of benzene rings is 1. The standard InChI is InChI=1S/C19H24O5/c1-2-21-18(20)16-17-19(16,13-7-3-4-8-14(13)24-17)10-12-23-15-9-5-6-11-22-15/h3-4,7-8,15-17H,2,5-6,9-12H2,1H3. The molecular formula is C19H24O5. The van der Waals surface area contributed by atoms with E-state index in [4.69, 9.17) is 18.9 Å². The summed E-state index contributed by atoms with van der Waals surface area (Å²) in [5.41, 5.74) is 0.818. The van der Waals surface area contributed by atoms with Gasteiger partial charge in [0.15, 0.2) is 6.29 Å². The average molecular weight is 332 g/mol. The van der Waals surface area contributed by atoms with Gasteiger partial charge in [-0.25, -0.2) is 0 Å². The molecule has 0 radical (unpaired) electrons. The second kappa shape index (κ2) is 6.37. The second-order valence-corrected chi connectivity index (χ2v) is 6.72. The van der Waals surface area contributed by atoms with Gasteiger partial charge in [0.05, 0.1) is 18.6 Å². The van der Waals surface area contributed by atoms with Gasteiger partial charge in [0.1, 0.15) is 17.8 Å². The van der Waals surface area contributed by atoms with Crippen molar-refractivity contribution in [1.82, 2.24) is 0 Å². The quantitative estimate of drug-likeness (QED) is 0.750. The molecule has 1 saturated carbocycles. The van der Waals surface area contributed by atoms with Crippen molar-refractivity contribution < 1.29 is 23.7 Å². The Labute approximate surface area is 142 Å². The van der Waals surface area contributed by atoms with E-state index in [9.17, 15) is 4.79 Å². The van der Waals surface area contributed by atoms with Gasteiger partial charge in [-0.15, -0.1) is 0 Å². The number of fused-ring (bicyclic) bond motifs is 3. The van der Waals surface area contributed by atoms with Crippen LogP contribution in [0.2, 0.25) is 0 Å². The van der Waals surface area contributed by atoms with Crippen molar-refractivity contribution in [3.63, 3.8) is 0 Å². The molecule has 0 bridgehead atoms. The number of esters is 1. The third kappa shape index (κ3) is 2.50. The molecule has 5 nitrogen and oxygen atoms in total. The van der Waals surface area contributed by atoms with E-state index in [0.29, 0.717) is 13.2 Å². The lowest BCUT2D eigenvalue weighted by molar-refractivity contribution is -0.164. The van der Waals surface area contributed by atoms with Crippen molar-refractivity contribution in [1.29, 1.82) is 0 Å². The summed E-state index contributed by atoms with van der Waals surface area (Å²) in [5, 5.41) is 0. The Kier molecular flexibility index (Phi) is 4.22. The highest BCUT2D eigenvalue weighted by molar-refractivity contribution is 5.83. The molecule has 1 aliphatic carbocycles. The fraction of sp³-hybridized carbons (Fsp3) is 0.632. The topological polar surface area (TPSA) is 54.0 Å². The van der Waals surface area contributed by atoms with E-state index in [1.807, 2.05) is 25.1 Å². The van der Waals surface area contributed by atoms with E-state index in [2.05, 4.69) is 6.07 Å². The van der Waals surface area contributed by atoms with Crippen LogP contribution >= 0.6 is 0 Å². The lowest BCUT2D eigenvalue weighted by Gasteiger charge is -2.24. The molecule has 4 unspecified atom stereocenters. The third-order valence-corrected chi connectivity index (χ3v) is 5.40. The summed E-state index contributed by atoms with van der Waals surface area (Å²) in [4.78, 5) is 12.3. The molecule has 24 heavy (non-hydrogen) atoms. The molecule has 4 rings (SSSR count). The van der Waals surface area contributed by atoms with E-state index in [1.54, 1.807) is 0 Å². The summed E-state index contributed by atoms with van der Waals surface area (Å²) in [6.07, 6.45) is 3.73. The Bertz CT molecular complexity index is 610. The Balaban J connectivity index is 1.47. The zero-order chi connectivity index (χ0) is 16.6. The highest BCUT2D eigenvalue weighted by Gasteiger charge is 2.75. The van der Waals surface area contributed by atoms with Crippen LogP contribution in [0.1, 0.15) is 38.2 Å². The van der Waals surface area contributed by atoms with E-state index in [0.717, 1.165) is 43.6 Å². The largest absolute Gasteiger partial charge is 0.488 e. The van der Waals surface area contributed by atoms with Crippen LogP contribution in [-0.2, 0) is 24.4 Å². The first-order valence-electron chi connectivity index (χ1n) is 8.93. The fourth-order valence-electron chi connectivity index (χ4n) is 4.19. The molecule has 1 aromatic rings. The van der Waals surface area contributed by atoms with Crippen molar-refractivity contribution >= 4 is 5.97 Å². The number of hydrogen-bond donors (Lipinski definition) is 0. The number of hydrogen-bond acceptors (Lipinski definition) is 5.